The van der Waals surface area contributed by atoms with Crippen LogP contribution in [0.15, 0.2) is 18.2 Å². The number of piperidine rings is 1. The number of likely N-dealkylation sites (tertiary alicyclic amines) is 1. The van der Waals surface area contributed by atoms with Gasteiger partial charge >= 0.3 is 6.18 Å². The number of anilines is 2. The fourth-order valence-electron chi connectivity index (χ4n) is 3.63. The van der Waals surface area contributed by atoms with Crippen LogP contribution in [0.25, 0.3) is 0 Å². The van der Waals surface area contributed by atoms with Gasteiger partial charge in [0.2, 0.25) is 5.91 Å². The molecule has 1 fully saturated rings. The average molecular weight is 378 g/mol. The molecule has 3 rings (SSSR count). The van der Waals surface area contributed by atoms with Crippen LogP contribution in [0, 0.1) is 5.92 Å². The normalized spacial score (nSPS) is 20.7. The molecule has 140 valence electrons. The molecular formula is C17H23ClF3N3O. The Labute approximate surface area is 151 Å². The Kier molecular flexibility index (Phi) is 6.08. The molecule has 0 spiro atoms. The number of carbonyl (C=O) groups excluding carboxylic acids is 1. The van der Waals surface area contributed by atoms with Gasteiger partial charge in [0.25, 0.3) is 0 Å². The summed E-state index contributed by atoms with van der Waals surface area (Å²) in [6.07, 6.45) is -1.97. The van der Waals surface area contributed by atoms with E-state index in [2.05, 4.69) is 0 Å². The Morgan fingerprint density at radius 2 is 2.00 bits per heavy atom. The van der Waals surface area contributed by atoms with E-state index in [9.17, 15) is 18.0 Å². The molecule has 1 saturated heterocycles. The Morgan fingerprint density at radius 1 is 1.24 bits per heavy atom. The summed E-state index contributed by atoms with van der Waals surface area (Å²) in [6.45, 7) is 1.02. The predicted octanol–water partition coefficient (Wildman–Crippen LogP) is 3.24. The van der Waals surface area contributed by atoms with Crippen molar-refractivity contribution in [1.82, 2.24) is 4.90 Å². The Hall–Kier alpha value is -1.63. The van der Waals surface area contributed by atoms with Gasteiger partial charge in [-0.1, -0.05) is 6.07 Å². The molecule has 2 heterocycles. The maximum absolute atomic E-state index is 12.9. The van der Waals surface area contributed by atoms with Gasteiger partial charge in [0.1, 0.15) is 0 Å². The zero-order valence-corrected chi connectivity index (χ0v) is 14.7. The number of fused-ring (bicyclic) bond motifs is 1. The van der Waals surface area contributed by atoms with E-state index in [1.165, 1.54) is 4.90 Å². The largest absolute Gasteiger partial charge is 0.398 e. The van der Waals surface area contributed by atoms with Gasteiger partial charge in [0, 0.05) is 31.0 Å². The molecule has 1 atom stereocenters. The van der Waals surface area contributed by atoms with Gasteiger partial charge in [-0.25, -0.2) is 0 Å². The molecule has 1 amide bonds. The van der Waals surface area contributed by atoms with Crippen molar-refractivity contribution >= 4 is 29.7 Å². The lowest BCUT2D eigenvalue weighted by Crippen LogP contribution is -2.48. The van der Waals surface area contributed by atoms with Gasteiger partial charge < -0.3 is 15.5 Å². The van der Waals surface area contributed by atoms with Gasteiger partial charge in [-0.2, -0.15) is 13.2 Å². The van der Waals surface area contributed by atoms with Crippen LogP contribution in [0.5, 0.6) is 0 Å². The lowest BCUT2D eigenvalue weighted by Gasteiger charge is -2.37. The number of nitrogens with two attached hydrogens (primary N) is 1. The number of nitrogens with zero attached hydrogens (tertiary/aromatic N) is 2. The van der Waals surface area contributed by atoms with Crippen LogP contribution in [0.2, 0.25) is 0 Å². The summed E-state index contributed by atoms with van der Waals surface area (Å²) in [6, 6.07) is 5.60. The molecule has 8 heteroatoms. The first-order chi connectivity index (χ1) is 11.4. The summed E-state index contributed by atoms with van der Waals surface area (Å²) in [5.41, 5.74) is 8.66. The van der Waals surface area contributed by atoms with Gasteiger partial charge in [-0.15, -0.1) is 12.4 Å². The minimum absolute atomic E-state index is 0. The Morgan fingerprint density at radius 3 is 2.72 bits per heavy atom. The molecule has 25 heavy (non-hydrogen) atoms. The highest BCUT2D eigenvalue weighted by Crippen LogP contribution is 2.34. The Bertz CT molecular complexity index is 624. The van der Waals surface area contributed by atoms with E-state index in [0.29, 0.717) is 18.7 Å². The summed E-state index contributed by atoms with van der Waals surface area (Å²) in [5, 5.41) is 0. The van der Waals surface area contributed by atoms with Crippen molar-refractivity contribution in [2.75, 3.05) is 36.8 Å². The number of carbonyl (C=O) groups is 1. The third-order valence-electron chi connectivity index (χ3n) is 4.95. The molecule has 0 radical (unpaired) electrons. The average Bonchev–Trinajstić information content (AvgIpc) is 2.55. The molecule has 1 unspecified atom stereocenters. The van der Waals surface area contributed by atoms with E-state index in [0.717, 1.165) is 30.6 Å². The lowest BCUT2D eigenvalue weighted by atomic mass is 9.97. The van der Waals surface area contributed by atoms with Crippen LogP contribution in [0.3, 0.4) is 0 Å². The van der Waals surface area contributed by atoms with Crippen molar-refractivity contribution in [3.8, 4) is 0 Å². The molecule has 2 aliphatic heterocycles. The molecule has 1 aromatic carbocycles. The number of hydrogen-bond acceptors (Lipinski definition) is 3. The van der Waals surface area contributed by atoms with Crippen LogP contribution in [-0.2, 0) is 11.2 Å². The van der Waals surface area contributed by atoms with Crippen LogP contribution in [-0.4, -0.2) is 43.2 Å². The smallest absolute Gasteiger partial charge is 0.393 e. The van der Waals surface area contributed by atoms with Crippen molar-refractivity contribution in [3.63, 3.8) is 0 Å². The highest BCUT2D eigenvalue weighted by atomic mass is 35.5. The van der Waals surface area contributed by atoms with E-state index < -0.39 is 12.1 Å². The maximum atomic E-state index is 12.9. The summed E-state index contributed by atoms with van der Waals surface area (Å²) >= 11 is 0. The van der Waals surface area contributed by atoms with E-state index in [4.69, 9.17) is 5.73 Å². The maximum Gasteiger partial charge on any atom is 0.393 e. The minimum atomic E-state index is -4.23. The number of hydrogen-bond donors (Lipinski definition) is 1. The molecule has 0 aromatic heterocycles. The quantitative estimate of drug-likeness (QED) is 0.805. The lowest BCUT2D eigenvalue weighted by molar-refractivity contribution is -0.187. The second-order valence-corrected chi connectivity index (χ2v) is 6.59. The van der Waals surface area contributed by atoms with E-state index >= 15 is 0 Å². The van der Waals surface area contributed by atoms with Crippen molar-refractivity contribution in [2.45, 2.75) is 31.9 Å². The zero-order valence-electron chi connectivity index (χ0n) is 13.9. The molecular weight excluding hydrogens is 355 g/mol. The van der Waals surface area contributed by atoms with Crippen LogP contribution in [0.1, 0.15) is 24.8 Å². The number of nitrogen functional groups attached to an aromatic ring is 1. The van der Waals surface area contributed by atoms with E-state index in [1.807, 2.05) is 23.1 Å². The standard InChI is InChI=1S/C17H22F3N3O.ClH/c18-17(19,20)12-4-2-9-23(10-12)16(24)11-22-8-3-5-13-14(21)6-1-7-15(13)22;/h1,6-7,12H,2-5,8-11,21H2;1H. The van der Waals surface area contributed by atoms with Gasteiger partial charge in [-0.05, 0) is 43.4 Å². The predicted molar refractivity (Wildman–Crippen MR) is 94.0 cm³/mol. The second kappa shape index (κ2) is 7.72. The Balaban J connectivity index is 0.00000225. The summed E-state index contributed by atoms with van der Waals surface area (Å²) in [4.78, 5) is 15.8. The summed E-state index contributed by atoms with van der Waals surface area (Å²) in [5.74, 6) is -1.64. The molecule has 2 N–H and O–H groups in total. The minimum Gasteiger partial charge on any atom is -0.398 e. The van der Waals surface area contributed by atoms with Crippen molar-refractivity contribution in [1.29, 1.82) is 0 Å². The van der Waals surface area contributed by atoms with E-state index in [-0.39, 0.29) is 37.8 Å². The topological polar surface area (TPSA) is 49.6 Å². The van der Waals surface area contributed by atoms with Crippen molar-refractivity contribution in [3.05, 3.63) is 23.8 Å². The SMILES string of the molecule is Cl.Nc1cccc2c1CCCN2CC(=O)N1CCCC(C(F)(F)F)C1. The third kappa shape index (κ3) is 4.32. The molecule has 4 nitrogen and oxygen atoms in total. The molecule has 1 aromatic rings. The van der Waals surface area contributed by atoms with Crippen molar-refractivity contribution in [2.24, 2.45) is 5.92 Å². The van der Waals surface area contributed by atoms with E-state index in [1.54, 1.807) is 0 Å². The number of benzene rings is 1. The van der Waals surface area contributed by atoms with Crippen LogP contribution >= 0.6 is 12.4 Å². The number of alkyl halides is 3. The van der Waals surface area contributed by atoms with Crippen LogP contribution in [0.4, 0.5) is 24.5 Å². The summed E-state index contributed by atoms with van der Waals surface area (Å²) < 4.78 is 38.7. The van der Waals surface area contributed by atoms with Gasteiger partial charge in [-0.3, -0.25) is 4.79 Å². The highest BCUT2D eigenvalue weighted by molar-refractivity contribution is 5.85. The third-order valence-corrected chi connectivity index (χ3v) is 4.95. The fourth-order valence-corrected chi connectivity index (χ4v) is 3.63. The first-order valence-corrected chi connectivity index (χ1v) is 8.33. The molecule has 2 aliphatic rings. The summed E-state index contributed by atoms with van der Waals surface area (Å²) in [7, 11) is 0. The second-order valence-electron chi connectivity index (χ2n) is 6.59. The molecule has 0 saturated carbocycles. The number of rotatable bonds is 2. The zero-order chi connectivity index (χ0) is 17.3. The number of halogens is 4. The molecule has 0 bridgehead atoms. The fraction of sp³-hybridized carbons (Fsp3) is 0.588. The van der Waals surface area contributed by atoms with Crippen LogP contribution < -0.4 is 10.6 Å². The highest BCUT2D eigenvalue weighted by Gasteiger charge is 2.42. The first-order valence-electron chi connectivity index (χ1n) is 8.33. The van der Waals surface area contributed by atoms with Crippen molar-refractivity contribution < 1.29 is 18.0 Å². The molecule has 0 aliphatic carbocycles. The van der Waals surface area contributed by atoms with Gasteiger partial charge in [0.15, 0.2) is 0 Å². The van der Waals surface area contributed by atoms with Gasteiger partial charge in [0.05, 0.1) is 12.5 Å². The monoisotopic (exact) mass is 377 g/mol. The first kappa shape index (κ1) is 19.7. The number of amides is 1.